The Balaban J connectivity index is 1.96. The van der Waals surface area contributed by atoms with Gasteiger partial charge in [-0.3, -0.25) is 4.79 Å². The van der Waals surface area contributed by atoms with Gasteiger partial charge in [-0.25, -0.2) is 0 Å². The highest BCUT2D eigenvalue weighted by Gasteiger charge is 2.21. The Bertz CT molecular complexity index is 369. The van der Waals surface area contributed by atoms with E-state index in [4.69, 9.17) is 0 Å². The number of carbonyl (C=O) groups is 1. The number of hydrogen-bond acceptors (Lipinski definition) is 3. The molecule has 4 heteroatoms. The van der Waals surface area contributed by atoms with Crippen LogP contribution in [0.15, 0.2) is 11.4 Å². The van der Waals surface area contributed by atoms with Gasteiger partial charge in [-0.15, -0.1) is 11.3 Å². The number of aryl methyl sites for hydroxylation is 1. The summed E-state index contributed by atoms with van der Waals surface area (Å²) in [7, 11) is 1.90. The van der Waals surface area contributed by atoms with Crippen LogP contribution in [-0.4, -0.2) is 37.5 Å². The van der Waals surface area contributed by atoms with Crippen molar-refractivity contribution in [2.24, 2.45) is 5.92 Å². The molecule has 0 saturated carbocycles. The molecule has 2 rings (SSSR count). The zero-order valence-electron chi connectivity index (χ0n) is 9.82. The molecule has 16 heavy (non-hydrogen) atoms. The van der Waals surface area contributed by atoms with Gasteiger partial charge >= 0.3 is 0 Å². The summed E-state index contributed by atoms with van der Waals surface area (Å²) in [6, 6.07) is 2.00. The van der Waals surface area contributed by atoms with E-state index in [1.54, 1.807) is 0 Å². The minimum absolute atomic E-state index is 0.166. The predicted molar refractivity (Wildman–Crippen MR) is 67.0 cm³/mol. The molecule has 0 unspecified atom stereocenters. The largest absolute Gasteiger partial charge is 0.341 e. The van der Waals surface area contributed by atoms with Crippen LogP contribution in [0.4, 0.5) is 0 Å². The molecule has 3 nitrogen and oxygen atoms in total. The van der Waals surface area contributed by atoms with E-state index in [0.717, 1.165) is 30.1 Å². The van der Waals surface area contributed by atoms with Crippen molar-refractivity contribution >= 4 is 17.2 Å². The maximum Gasteiger partial charge on any atom is 0.263 e. The first-order valence-electron chi connectivity index (χ1n) is 5.68. The number of rotatable bonds is 3. The van der Waals surface area contributed by atoms with E-state index in [9.17, 15) is 4.79 Å². The zero-order chi connectivity index (χ0) is 11.5. The molecule has 88 valence electrons. The summed E-state index contributed by atoms with van der Waals surface area (Å²) < 4.78 is 0. The topological polar surface area (TPSA) is 32.3 Å². The normalized spacial score (nSPS) is 20.0. The fourth-order valence-electron chi connectivity index (χ4n) is 2.11. The van der Waals surface area contributed by atoms with Gasteiger partial charge in [-0.05, 0) is 49.4 Å². The van der Waals surface area contributed by atoms with Gasteiger partial charge in [0.1, 0.15) is 0 Å². The SMILES string of the molecule is Cc1ccsc1C(=O)N(C)C[C@@H]1CCNC1. The van der Waals surface area contributed by atoms with E-state index in [-0.39, 0.29) is 5.91 Å². The average Bonchev–Trinajstić information content (AvgIpc) is 2.88. The number of nitrogens with zero attached hydrogens (tertiary/aromatic N) is 1. The lowest BCUT2D eigenvalue weighted by Crippen LogP contribution is -2.32. The second kappa shape index (κ2) is 4.97. The highest BCUT2D eigenvalue weighted by atomic mass is 32.1. The number of amides is 1. The molecule has 1 N–H and O–H groups in total. The highest BCUT2D eigenvalue weighted by molar-refractivity contribution is 7.12. The maximum atomic E-state index is 12.1. The van der Waals surface area contributed by atoms with Gasteiger partial charge in [0.25, 0.3) is 5.91 Å². The van der Waals surface area contributed by atoms with Crippen LogP contribution in [0.25, 0.3) is 0 Å². The van der Waals surface area contributed by atoms with Crippen LogP contribution in [0.3, 0.4) is 0 Å². The fraction of sp³-hybridized carbons (Fsp3) is 0.583. The lowest BCUT2D eigenvalue weighted by Gasteiger charge is -2.20. The van der Waals surface area contributed by atoms with Crippen LogP contribution in [-0.2, 0) is 0 Å². The second-order valence-electron chi connectivity index (χ2n) is 4.48. The standard InChI is InChI=1S/C12H18N2OS/c1-9-4-6-16-11(9)12(15)14(2)8-10-3-5-13-7-10/h4,6,10,13H,3,5,7-8H2,1-2H3/t10-/m1/s1. The van der Waals surface area contributed by atoms with E-state index in [0.29, 0.717) is 5.92 Å². The summed E-state index contributed by atoms with van der Waals surface area (Å²) in [5.74, 6) is 0.786. The van der Waals surface area contributed by atoms with Crippen LogP contribution in [0.1, 0.15) is 21.7 Å². The number of thiophene rings is 1. The van der Waals surface area contributed by atoms with Crippen molar-refractivity contribution in [1.82, 2.24) is 10.2 Å². The third kappa shape index (κ3) is 2.44. The Morgan fingerprint density at radius 1 is 1.69 bits per heavy atom. The molecule has 0 aliphatic carbocycles. The summed E-state index contributed by atoms with van der Waals surface area (Å²) in [5, 5.41) is 5.31. The molecular formula is C12H18N2OS. The van der Waals surface area contributed by atoms with Crippen molar-refractivity contribution < 1.29 is 4.79 Å². The van der Waals surface area contributed by atoms with E-state index in [2.05, 4.69) is 5.32 Å². The van der Waals surface area contributed by atoms with Crippen LogP contribution >= 0.6 is 11.3 Å². The number of hydrogen-bond donors (Lipinski definition) is 1. The van der Waals surface area contributed by atoms with Crippen molar-refractivity contribution in [3.63, 3.8) is 0 Å². The maximum absolute atomic E-state index is 12.1. The predicted octanol–water partition coefficient (Wildman–Crippen LogP) is 1.74. The van der Waals surface area contributed by atoms with Crippen molar-refractivity contribution in [1.29, 1.82) is 0 Å². The van der Waals surface area contributed by atoms with Gasteiger partial charge in [0.2, 0.25) is 0 Å². The Hall–Kier alpha value is -0.870. The molecule has 1 aliphatic rings. The minimum Gasteiger partial charge on any atom is -0.341 e. The minimum atomic E-state index is 0.166. The van der Waals surface area contributed by atoms with Gasteiger partial charge in [0.15, 0.2) is 0 Å². The van der Waals surface area contributed by atoms with Crippen molar-refractivity contribution in [3.8, 4) is 0 Å². The summed E-state index contributed by atoms with van der Waals surface area (Å²) in [5.41, 5.74) is 1.09. The number of nitrogens with one attached hydrogen (secondary N) is 1. The smallest absolute Gasteiger partial charge is 0.263 e. The van der Waals surface area contributed by atoms with Crippen molar-refractivity contribution in [2.45, 2.75) is 13.3 Å². The molecule has 0 radical (unpaired) electrons. The Labute approximate surface area is 100 Å². The van der Waals surface area contributed by atoms with Gasteiger partial charge in [-0.2, -0.15) is 0 Å². The Morgan fingerprint density at radius 2 is 2.50 bits per heavy atom. The molecule has 1 atom stereocenters. The van der Waals surface area contributed by atoms with Crippen LogP contribution in [0.5, 0.6) is 0 Å². The van der Waals surface area contributed by atoms with E-state index in [1.165, 1.54) is 17.8 Å². The summed E-state index contributed by atoms with van der Waals surface area (Å²) >= 11 is 1.54. The van der Waals surface area contributed by atoms with Gasteiger partial charge < -0.3 is 10.2 Å². The first kappa shape index (κ1) is 11.6. The average molecular weight is 238 g/mol. The van der Waals surface area contributed by atoms with Crippen LogP contribution < -0.4 is 5.32 Å². The lowest BCUT2D eigenvalue weighted by molar-refractivity contribution is 0.0780. The lowest BCUT2D eigenvalue weighted by atomic mass is 10.1. The molecule has 1 saturated heterocycles. The molecule has 1 aliphatic heterocycles. The monoisotopic (exact) mass is 238 g/mol. The summed E-state index contributed by atoms with van der Waals surface area (Å²) in [6.07, 6.45) is 1.18. The number of carbonyl (C=O) groups excluding carboxylic acids is 1. The third-order valence-corrected chi connectivity index (χ3v) is 4.10. The summed E-state index contributed by atoms with van der Waals surface area (Å²) in [6.45, 7) is 4.99. The second-order valence-corrected chi connectivity index (χ2v) is 5.39. The van der Waals surface area contributed by atoms with Gasteiger partial charge in [-0.1, -0.05) is 0 Å². The molecular weight excluding hydrogens is 220 g/mol. The highest BCUT2D eigenvalue weighted by Crippen LogP contribution is 2.18. The summed E-state index contributed by atoms with van der Waals surface area (Å²) in [4.78, 5) is 14.9. The Morgan fingerprint density at radius 3 is 3.06 bits per heavy atom. The molecule has 1 amide bonds. The first-order valence-corrected chi connectivity index (χ1v) is 6.56. The molecule has 0 aromatic carbocycles. The van der Waals surface area contributed by atoms with Crippen molar-refractivity contribution in [3.05, 3.63) is 21.9 Å². The molecule has 1 fully saturated rings. The van der Waals surface area contributed by atoms with Gasteiger partial charge in [0, 0.05) is 13.6 Å². The third-order valence-electron chi connectivity index (χ3n) is 3.10. The van der Waals surface area contributed by atoms with E-state index < -0.39 is 0 Å². The molecule has 0 spiro atoms. The molecule has 1 aromatic rings. The molecule has 0 bridgehead atoms. The molecule has 2 heterocycles. The van der Waals surface area contributed by atoms with Crippen LogP contribution in [0.2, 0.25) is 0 Å². The van der Waals surface area contributed by atoms with E-state index in [1.807, 2.05) is 30.3 Å². The Kier molecular flexibility index (Phi) is 3.61. The quantitative estimate of drug-likeness (QED) is 0.870. The van der Waals surface area contributed by atoms with Gasteiger partial charge in [0.05, 0.1) is 4.88 Å². The van der Waals surface area contributed by atoms with Crippen LogP contribution in [0, 0.1) is 12.8 Å². The fourth-order valence-corrected chi connectivity index (χ4v) is 3.02. The first-order chi connectivity index (χ1) is 7.68. The zero-order valence-corrected chi connectivity index (χ0v) is 10.6. The molecule has 1 aromatic heterocycles. The van der Waals surface area contributed by atoms with E-state index >= 15 is 0 Å². The van der Waals surface area contributed by atoms with Crippen molar-refractivity contribution in [2.75, 3.05) is 26.7 Å².